The maximum absolute atomic E-state index is 13.8. The number of benzene rings is 1. The zero-order valence-corrected chi connectivity index (χ0v) is 15.3. The van der Waals surface area contributed by atoms with Gasteiger partial charge in [-0.2, -0.15) is 0 Å². The van der Waals surface area contributed by atoms with E-state index >= 15 is 0 Å². The highest BCUT2D eigenvalue weighted by Gasteiger charge is 2.30. The number of sulfonamides is 1. The van der Waals surface area contributed by atoms with E-state index in [0.717, 1.165) is 16.2 Å². The molecule has 0 spiro atoms. The molecule has 1 saturated heterocycles. The lowest BCUT2D eigenvalue weighted by molar-refractivity contribution is 0.0704. The average Bonchev–Trinajstić information content (AvgIpc) is 3.18. The molecule has 1 N–H and O–H groups in total. The number of hydrogen-bond acceptors (Lipinski definition) is 4. The second-order valence-electron chi connectivity index (χ2n) is 5.97. The third kappa shape index (κ3) is 3.99. The molecule has 1 amide bonds. The second kappa shape index (κ2) is 7.56. The molecule has 0 saturated carbocycles. The number of thiophene rings is 1. The van der Waals surface area contributed by atoms with Gasteiger partial charge in [0.2, 0.25) is 10.0 Å². The maximum Gasteiger partial charge on any atom is 0.257 e. The van der Waals surface area contributed by atoms with Crippen LogP contribution in [0.3, 0.4) is 0 Å². The Labute approximate surface area is 156 Å². The Morgan fingerprint density at radius 2 is 1.78 bits per heavy atom. The van der Waals surface area contributed by atoms with Crippen LogP contribution < -0.4 is 4.72 Å². The lowest BCUT2D eigenvalue weighted by atomic mass is 10.0. The largest absolute Gasteiger partial charge is 0.338 e. The summed E-state index contributed by atoms with van der Waals surface area (Å²) in [5.74, 6) is -8.41. The van der Waals surface area contributed by atoms with Crippen molar-refractivity contribution in [2.45, 2.75) is 23.1 Å². The number of carbonyl (C=O) groups is 1. The van der Waals surface area contributed by atoms with Crippen molar-refractivity contribution in [2.24, 2.45) is 0 Å². The number of halogens is 4. The van der Waals surface area contributed by atoms with Crippen molar-refractivity contribution in [3.63, 3.8) is 0 Å². The minimum Gasteiger partial charge on any atom is -0.338 e. The van der Waals surface area contributed by atoms with Gasteiger partial charge in [-0.3, -0.25) is 4.79 Å². The van der Waals surface area contributed by atoms with E-state index in [4.69, 9.17) is 0 Å². The third-order valence-corrected chi connectivity index (χ3v) is 7.11. The van der Waals surface area contributed by atoms with E-state index in [1.165, 1.54) is 6.07 Å². The zero-order chi connectivity index (χ0) is 19.8. The number of nitrogens with one attached hydrogen (secondary N) is 1. The Morgan fingerprint density at radius 1 is 1.11 bits per heavy atom. The highest BCUT2D eigenvalue weighted by atomic mass is 32.2. The summed E-state index contributed by atoms with van der Waals surface area (Å²) < 4.78 is 80.5. The molecule has 1 aromatic heterocycles. The topological polar surface area (TPSA) is 66.5 Å². The van der Waals surface area contributed by atoms with Crippen molar-refractivity contribution in [2.75, 3.05) is 13.1 Å². The normalized spacial score (nSPS) is 15.9. The molecule has 0 unspecified atom stereocenters. The molecular weight excluding hydrogens is 408 g/mol. The van der Waals surface area contributed by atoms with Crippen LogP contribution in [-0.2, 0) is 10.0 Å². The summed E-state index contributed by atoms with van der Waals surface area (Å²) in [7, 11) is -3.66. The molecule has 5 nitrogen and oxygen atoms in total. The molecule has 1 fully saturated rings. The van der Waals surface area contributed by atoms with Crippen LogP contribution >= 0.6 is 11.3 Å². The molecule has 0 bridgehead atoms. The van der Waals surface area contributed by atoms with Gasteiger partial charge in [-0.1, -0.05) is 6.07 Å². The summed E-state index contributed by atoms with van der Waals surface area (Å²) in [4.78, 5) is 13.5. The Kier molecular flexibility index (Phi) is 5.54. The molecule has 3 rings (SSSR count). The van der Waals surface area contributed by atoms with E-state index in [9.17, 15) is 30.8 Å². The Balaban J connectivity index is 1.67. The number of nitrogens with zero attached hydrogens (tertiary/aromatic N) is 1. The quantitative estimate of drug-likeness (QED) is 0.468. The van der Waals surface area contributed by atoms with Gasteiger partial charge in [0.25, 0.3) is 5.91 Å². The van der Waals surface area contributed by atoms with Gasteiger partial charge in [-0.25, -0.2) is 30.7 Å². The number of rotatable bonds is 4. The molecule has 0 aliphatic carbocycles. The van der Waals surface area contributed by atoms with Crippen LogP contribution in [0.25, 0.3) is 0 Å². The fourth-order valence-corrected chi connectivity index (χ4v) is 5.11. The fraction of sp³-hybridized carbons (Fsp3) is 0.312. The minimum atomic E-state index is -3.66. The van der Waals surface area contributed by atoms with Gasteiger partial charge < -0.3 is 4.90 Å². The van der Waals surface area contributed by atoms with Gasteiger partial charge in [0.1, 0.15) is 4.21 Å². The molecule has 2 heterocycles. The molecule has 1 aliphatic heterocycles. The predicted octanol–water partition coefficient (Wildman–Crippen LogP) is 2.89. The monoisotopic (exact) mass is 422 g/mol. The molecule has 0 atom stereocenters. The minimum absolute atomic E-state index is 0.0521. The summed E-state index contributed by atoms with van der Waals surface area (Å²) in [6.45, 7) is 0.104. The first-order chi connectivity index (χ1) is 12.7. The van der Waals surface area contributed by atoms with Crippen LogP contribution in [0.5, 0.6) is 0 Å². The SMILES string of the molecule is O=C(c1cc(F)c(F)c(F)c1F)N1CCC(NS(=O)(=O)c2cccs2)CC1. The number of hydrogen-bond donors (Lipinski definition) is 1. The molecular formula is C16H14F4N2O3S2. The summed E-state index contributed by atoms with van der Waals surface area (Å²) in [5, 5.41) is 1.63. The standard InChI is InChI=1S/C16H14F4N2O3S2/c17-11-8-10(13(18)15(20)14(11)19)16(23)22-5-3-9(4-6-22)21-27(24,25)12-2-1-7-26-12/h1-2,7-9,21H,3-6H2. The van der Waals surface area contributed by atoms with E-state index in [-0.39, 0.29) is 30.1 Å². The van der Waals surface area contributed by atoms with Crippen LogP contribution in [0.15, 0.2) is 27.8 Å². The number of piperidine rings is 1. The molecule has 1 aromatic carbocycles. The second-order valence-corrected chi connectivity index (χ2v) is 8.86. The third-order valence-electron chi connectivity index (χ3n) is 4.20. The van der Waals surface area contributed by atoms with Gasteiger partial charge in [-0.05, 0) is 30.4 Å². The van der Waals surface area contributed by atoms with Crippen LogP contribution in [0.2, 0.25) is 0 Å². The van der Waals surface area contributed by atoms with E-state index < -0.39 is 50.8 Å². The van der Waals surface area contributed by atoms with Crippen molar-refractivity contribution >= 4 is 27.3 Å². The zero-order valence-electron chi connectivity index (χ0n) is 13.7. The predicted molar refractivity (Wildman–Crippen MR) is 89.8 cm³/mol. The van der Waals surface area contributed by atoms with E-state index in [0.29, 0.717) is 6.07 Å². The fourth-order valence-electron chi connectivity index (χ4n) is 2.79. The van der Waals surface area contributed by atoms with Crippen molar-refractivity contribution in [1.82, 2.24) is 9.62 Å². The summed E-state index contributed by atoms with van der Waals surface area (Å²) >= 11 is 1.07. The van der Waals surface area contributed by atoms with Gasteiger partial charge in [-0.15, -0.1) is 11.3 Å². The Hall–Kier alpha value is -1.98. The molecule has 1 aliphatic rings. The summed E-state index contributed by atoms with van der Waals surface area (Å²) in [5.41, 5.74) is -0.899. The average molecular weight is 422 g/mol. The van der Waals surface area contributed by atoms with Crippen LogP contribution in [0.1, 0.15) is 23.2 Å². The van der Waals surface area contributed by atoms with Gasteiger partial charge in [0.15, 0.2) is 23.3 Å². The van der Waals surface area contributed by atoms with E-state index in [1.807, 2.05) is 0 Å². The lowest BCUT2D eigenvalue weighted by Crippen LogP contribution is -2.46. The lowest BCUT2D eigenvalue weighted by Gasteiger charge is -2.32. The first kappa shape index (κ1) is 19.8. The molecule has 146 valence electrons. The maximum atomic E-state index is 13.8. The van der Waals surface area contributed by atoms with Crippen molar-refractivity contribution in [1.29, 1.82) is 0 Å². The first-order valence-electron chi connectivity index (χ1n) is 7.89. The number of amides is 1. The Morgan fingerprint density at radius 3 is 2.37 bits per heavy atom. The van der Waals surface area contributed by atoms with Crippen LogP contribution in [-0.4, -0.2) is 38.4 Å². The van der Waals surface area contributed by atoms with Gasteiger partial charge in [0, 0.05) is 19.1 Å². The summed E-state index contributed by atoms with van der Waals surface area (Å²) in [6, 6.07) is 2.96. The smallest absolute Gasteiger partial charge is 0.257 e. The highest BCUT2D eigenvalue weighted by molar-refractivity contribution is 7.91. The van der Waals surface area contributed by atoms with E-state index in [1.54, 1.807) is 11.4 Å². The highest BCUT2D eigenvalue weighted by Crippen LogP contribution is 2.23. The molecule has 27 heavy (non-hydrogen) atoms. The first-order valence-corrected chi connectivity index (χ1v) is 10.2. The van der Waals surface area contributed by atoms with Crippen LogP contribution in [0.4, 0.5) is 17.6 Å². The Bertz CT molecular complexity index is 957. The molecule has 2 aromatic rings. The van der Waals surface area contributed by atoms with Gasteiger partial charge in [0.05, 0.1) is 5.56 Å². The van der Waals surface area contributed by atoms with Crippen molar-refractivity contribution < 1.29 is 30.8 Å². The van der Waals surface area contributed by atoms with E-state index in [2.05, 4.69) is 4.72 Å². The van der Waals surface area contributed by atoms with Gasteiger partial charge >= 0.3 is 0 Å². The van der Waals surface area contributed by atoms with Crippen molar-refractivity contribution in [3.8, 4) is 0 Å². The molecule has 11 heteroatoms. The number of carbonyl (C=O) groups excluding carboxylic acids is 1. The summed E-state index contributed by atoms with van der Waals surface area (Å²) in [6.07, 6.45) is 0.480. The van der Waals surface area contributed by atoms with Crippen LogP contribution in [0, 0.1) is 23.3 Å². The molecule has 0 radical (unpaired) electrons. The van der Waals surface area contributed by atoms with Crippen molar-refractivity contribution in [3.05, 3.63) is 52.4 Å². The number of likely N-dealkylation sites (tertiary alicyclic amines) is 1.